The van der Waals surface area contributed by atoms with E-state index in [-0.39, 0.29) is 12.5 Å². The molecule has 0 bridgehead atoms. The maximum Gasteiger partial charge on any atom is 0.220 e. The molecule has 1 aliphatic rings. The van der Waals surface area contributed by atoms with Crippen LogP contribution in [0.1, 0.15) is 406 Å². The monoisotopic (exact) mass is 1350 g/mol. The van der Waals surface area contributed by atoms with Crippen LogP contribution < -0.4 is 5.32 Å². The zero-order valence-corrected chi connectivity index (χ0v) is 63.1. The van der Waals surface area contributed by atoms with Crippen molar-refractivity contribution in [3.05, 3.63) is 85.1 Å². The molecule has 1 aliphatic heterocycles. The zero-order chi connectivity index (χ0) is 69.2. The Balaban J connectivity index is 2.05. The molecule has 0 radical (unpaired) electrons. The smallest absolute Gasteiger partial charge is 0.220 e. The van der Waals surface area contributed by atoms with Gasteiger partial charge in [0.2, 0.25) is 5.91 Å². The Morgan fingerprint density at radius 3 is 0.958 bits per heavy atom. The fourth-order valence-corrected chi connectivity index (χ4v) is 13.3. The zero-order valence-electron chi connectivity index (χ0n) is 63.1. The van der Waals surface area contributed by atoms with Gasteiger partial charge in [-0.15, -0.1) is 0 Å². The van der Waals surface area contributed by atoms with Crippen LogP contribution in [0.3, 0.4) is 0 Å². The number of amides is 1. The average molecular weight is 1350 g/mol. The van der Waals surface area contributed by atoms with Crippen LogP contribution in [-0.4, -0.2) is 87.5 Å². The maximum atomic E-state index is 13.2. The molecule has 7 atom stereocenters. The van der Waals surface area contributed by atoms with E-state index < -0.39 is 49.5 Å². The molecule has 96 heavy (non-hydrogen) atoms. The van der Waals surface area contributed by atoms with Crippen LogP contribution >= 0.6 is 0 Å². The summed E-state index contributed by atoms with van der Waals surface area (Å²) in [6.45, 7) is 3.72. The first kappa shape index (κ1) is 91.4. The van der Waals surface area contributed by atoms with Gasteiger partial charge in [0, 0.05) is 6.42 Å². The Bertz CT molecular complexity index is 1810. The largest absolute Gasteiger partial charge is 0.394 e. The van der Waals surface area contributed by atoms with E-state index in [1.807, 2.05) is 6.08 Å². The van der Waals surface area contributed by atoms with Gasteiger partial charge in [-0.25, -0.2) is 0 Å². The summed E-state index contributed by atoms with van der Waals surface area (Å²) < 4.78 is 11.4. The second-order valence-corrected chi connectivity index (χ2v) is 28.9. The minimum atomic E-state index is -1.57. The summed E-state index contributed by atoms with van der Waals surface area (Å²) in [7, 11) is 0. The molecule has 1 amide bonds. The fourth-order valence-electron chi connectivity index (χ4n) is 13.3. The predicted octanol–water partition coefficient (Wildman–Crippen LogP) is 24.4. The summed E-state index contributed by atoms with van der Waals surface area (Å²) in [5.41, 5.74) is 0. The van der Waals surface area contributed by atoms with E-state index in [2.05, 4.69) is 92.1 Å². The van der Waals surface area contributed by atoms with E-state index in [0.717, 1.165) is 77.0 Å². The van der Waals surface area contributed by atoms with Gasteiger partial charge in [-0.2, -0.15) is 0 Å². The van der Waals surface area contributed by atoms with Gasteiger partial charge in [0.15, 0.2) is 6.29 Å². The molecule has 6 N–H and O–H groups in total. The molecule has 1 saturated heterocycles. The van der Waals surface area contributed by atoms with Crippen LogP contribution in [0, 0.1) is 0 Å². The number of aliphatic hydroxyl groups is 5. The van der Waals surface area contributed by atoms with Crippen molar-refractivity contribution in [2.45, 2.75) is 448 Å². The SMILES string of the molecule is CC/C=C\C/C=C\C/C=C\C/C=C\C/C=C\C/C=C\CCCCCCCCCCCCCCCCCCCCCCCCC(=O)NC(COC1OC(CO)C(O)C(O)C1O)C(O)/C=C/CCCCCCCCCCCCCCCCCCCCCCCCCCCCCCCC. The summed E-state index contributed by atoms with van der Waals surface area (Å²) in [6.07, 6.45) is 102. The number of carbonyl (C=O) groups is 1. The first-order valence-electron chi connectivity index (χ1n) is 41.8. The second kappa shape index (κ2) is 75.0. The van der Waals surface area contributed by atoms with Gasteiger partial charge in [0.05, 0.1) is 25.4 Å². The highest BCUT2D eigenvalue weighted by Crippen LogP contribution is 2.24. The number of nitrogens with one attached hydrogen (secondary N) is 1. The predicted molar refractivity (Wildman–Crippen MR) is 415 cm³/mol. The Labute approximate surface area is 594 Å². The lowest BCUT2D eigenvalue weighted by atomic mass is 9.99. The van der Waals surface area contributed by atoms with Gasteiger partial charge in [0.1, 0.15) is 24.4 Å². The molecule has 0 spiro atoms. The Morgan fingerprint density at radius 1 is 0.365 bits per heavy atom. The van der Waals surface area contributed by atoms with Crippen LogP contribution in [0.2, 0.25) is 0 Å². The van der Waals surface area contributed by atoms with E-state index in [1.165, 1.54) is 308 Å². The number of unbranched alkanes of at least 4 members (excludes halogenated alkanes) is 52. The Morgan fingerprint density at radius 2 is 0.646 bits per heavy atom. The lowest BCUT2D eigenvalue weighted by Gasteiger charge is -2.40. The minimum absolute atomic E-state index is 0.170. The average Bonchev–Trinajstić information content (AvgIpc) is 0.840. The summed E-state index contributed by atoms with van der Waals surface area (Å²) in [4.78, 5) is 13.2. The maximum absolute atomic E-state index is 13.2. The molecule has 0 saturated carbocycles. The number of hydrogen-bond donors (Lipinski definition) is 6. The number of rotatable bonds is 74. The topological polar surface area (TPSA) is 149 Å². The molecule has 0 aromatic carbocycles. The van der Waals surface area contributed by atoms with Crippen LogP contribution in [0.25, 0.3) is 0 Å². The van der Waals surface area contributed by atoms with Gasteiger partial charge < -0.3 is 40.3 Å². The van der Waals surface area contributed by atoms with Crippen LogP contribution in [0.15, 0.2) is 85.1 Å². The molecule has 1 heterocycles. The van der Waals surface area contributed by atoms with Crippen LogP contribution in [0.5, 0.6) is 0 Å². The Hall–Kier alpha value is -2.63. The lowest BCUT2D eigenvalue weighted by Crippen LogP contribution is -2.60. The minimum Gasteiger partial charge on any atom is -0.394 e. The second-order valence-electron chi connectivity index (χ2n) is 28.9. The number of carbonyl (C=O) groups excluding carboxylic acids is 1. The molecule has 0 aromatic rings. The van der Waals surface area contributed by atoms with Gasteiger partial charge >= 0.3 is 0 Å². The fraction of sp³-hybridized carbons (Fsp3) is 0.828. The van der Waals surface area contributed by atoms with Crippen molar-refractivity contribution >= 4 is 5.91 Å². The molecule has 7 unspecified atom stereocenters. The third-order valence-corrected chi connectivity index (χ3v) is 19.7. The molecular formula is C87H159NO8. The van der Waals surface area contributed by atoms with Crippen molar-refractivity contribution in [2.75, 3.05) is 13.2 Å². The normalized spacial score (nSPS) is 17.8. The van der Waals surface area contributed by atoms with E-state index in [4.69, 9.17) is 9.47 Å². The first-order valence-corrected chi connectivity index (χ1v) is 41.8. The standard InChI is InChI=1S/C87H159NO8/c1-3-5-7-9-11-13-15-17-19-21-23-25-27-29-31-33-35-37-38-39-40-41-42-43-44-45-47-49-51-53-55-57-59-61-63-65-67-69-71-73-75-77-83(91)88-80(79-95-87-86(94)85(93)84(92)82(78-89)96-87)81(90)76-74-72-70-68-66-64-62-60-58-56-54-52-50-48-46-36-34-32-30-28-26-24-22-20-18-16-14-12-10-8-6-4-2/h5,7,11,13,17,19,23,25,29,31,35,37,74,76,80-82,84-87,89-90,92-94H,3-4,6,8-10,12,14-16,18,20-22,24,26-28,30,32-34,36,38-73,75,77-79H2,1-2H3,(H,88,91)/b7-5-,13-11-,19-17-,25-23-,31-29-,37-35-,76-74+. The van der Waals surface area contributed by atoms with Gasteiger partial charge in [-0.3, -0.25) is 4.79 Å². The van der Waals surface area contributed by atoms with Crippen molar-refractivity contribution < 1.29 is 39.8 Å². The summed E-state index contributed by atoms with van der Waals surface area (Å²) >= 11 is 0. The van der Waals surface area contributed by atoms with Crippen LogP contribution in [-0.2, 0) is 14.3 Å². The third-order valence-electron chi connectivity index (χ3n) is 19.7. The number of hydrogen-bond acceptors (Lipinski definition) is 8. The van der Waals surface area contributed by atoms with Crippen LogP contribution in [0.4, 0.5) is 0 Å². The van der Waals surface area contributed by atoms with Crippen molar-refractivity contribution in [3.8, 4) is 0 Å². The molecule has 9 heteroatoms. The molecule has 560 valence electrons. The van der Waals surface area contributed by atoms with E-state index in [0.29, 0.717) is 6.42 Å². The summed E-state index contributed by atoms with van der Waals surface area (Å²) in [5.74, 6) is -0.170. The molecule has 1 rings (SSSR count). The van der Waals surface area contributed by atoms with E-state index >= 15 is 0 Å². The van der Waals surface area contributed by atoms with Gasteiger partial charge in [-0.05, 0) is 70.6 Å². The summed E-state index contributed by atoms with van der Waals surface area (Å²) in [5, 5.41) is 55.0. The highest BCUT2D eigenvalue weighted by atomic mass is 16.7. The highest BCUT2D eigenvalue weighted by Gasteiger charge is 2.44. The van der Waals surface area contributed by atoms with Crippen molar-refractivity contribution in [2.24, 2.45) is 0 Å². The Kier molecular flexibility index (Phi) is 71.4. The quantitative estimate of drug-likeness (QED) is 0.0261. The molecule has 0 aliphatic carbocycles. The van der Waals surface area contributed by atoms with Gasteiger partial charge in [-0.1, -0.05) is 414 Å². The molecule has 1 fully saturated rings. The van der Waals surface area contributed by atoms with E-state index in [9.17, 15) is 30.3 Å². The van der Waals surface area contributed by atoms with Crippen molar-refractivity contribution in [3.63, 3.8) is 0 Å². The number of ether oxygens (including phenoxy) is 2. The third kappa shape index (κ3) is 62.4. The van der Waals surface area contributed by atoms with Crippen molar-refractivity contribution in [1.82, 2.24) is 5.32 Å². The lowest BCUT2D eigenvalue weighted by molar-refractivity contribution is -0.302. The highest BCUT2D eigenvalue weighted by molar-refractivity contribution is 5.76. The number of allylic oxidation sites excluding steroid dienone is 13. The molecule has 9 nitrogen and oxygen atoms in total. The van der Waals surface area contributed by atoms with Crippen molar-refractivity contribution in [1.29, 1.82) is 0 Å². The summed E-state index contributed by atoms with van der Waals surface area (Å²) in [6, 6.07) is -0.809. The molecular weight excluding hydrogens is 1190 g/mol. The van der Waals surface area contributed by atoms with Gasteiger partial charge in [0.25, 0.3) is 0 Å². The first-order chi connectivity index (χ1) is 47.3. The molecule has 0 aromatic heterocycles. The number of aliphatic hydroxyl groups excluding tert-OH is 5. The van der Waals surface area contributed by atoms with E-state index in [1.54, 1.807) is 6.08 Å².